The van der Waals surface area contributed by atoms with E-state index in [4.69, 9.17) is 28.3 Å². The molecule has 0 aliphatic heterocycles. The Kier molecular flexibility index (Phi) is 5.22. The predicted octanol–water partition coefficient (Wildman–Crippen LogP) is 4.32. The minimum atomic E-state index is -1.06. The normalized spacial score (nSPS) is 10.4. The molecule has 0 aliphatic rings. The van der Waals surface area contributed by atoms with Crippen molar-refractivity contribution in [2.45, 2.75) is 12.8 Å². The maximum atomic E-state index is 11.9. The number of carboxylic acid groups (broad SMARTS) is 1. The Bertz CT molecular complexity index is 685. The topological polar surface area (TPSA) is 66.4 Å². The largest absolute Gasteiger partial charge is 0.478 e. The molecule has 2 rings (SSSR count). The van der Waals surface area contributed by atoms with E-state index < -0.39 is 5.97 Å². The molecule has 4 nitrogen and oxygen atoms in total. The number of aryl methyl sites for hydroxylation is 1. The summed E-state index contributed by atoms with van der Waals surface area (Å²) in [7, 11) is 0. The summed E-state index contributed by atoms with van der Waals surface area (Å²) in [5, 5.41) is 14.6. The first kappa shape index (κ1) is 15.8. The summed E-state index contributed by atoms with van der Waals surface area (Å²) in [5.41, 5.74) is 0.915. The first-order valence-corrected chi connectivity index (χ1v) is 7.65. The highest BCUT2D eigenvalue weighted by Gasteiger charge is 2.14. The van der Waals surface area contributed by atoms with E-state index in [1.807, 2.05) is 0 Å². The van der Waals surface area contributed by atoms with Gasteiger partial charge < -0.3 is 10.4 Å². The van der Waals surface area contributed by atoms with Crippen LogP contribution in [0.2, 0.25) is 10.0 Å². The Morgan fingerprint density at radius 3 is 2.67 bits per heavy atom. The van der Waals surface area contributed by atoms with E-state index in [1.165, 1.54) is 17.4 Å². The first-order chi connectivity index (χ1) is 9.97. The molecule has 0 bridgehead atoms. The van der Waals surface area contributed by atoms with Crippen molar-refractivity contribution in [1.29, 1.82) is 0 Å². The summed E-state index contributed by atoms with van der Waals surface area (Å²) in [6, 6.07) is 6.56. The van der Waals surface area contributed by atoms with Gasteiger partial charge in [-0.1, -0.05) is 29.3 Å². The fourth-order valence-electron chi connectivity index (χ4n) is 1.74. The molecule has 0 fully saturated rings. The number of carbonyl (C=O) groups excluding carboxylic acids is 1. The van der Waals surface area contributed by atoms with Crippen LogP contribution in [0, 0.1) is 0 Å². The van der Waals surface area contributed by atoms with E-state index in [9.17, 15) is 9.59 Å². The lowest BCUT2D eigenvalue weighted by Crippen LogP contribution is -2.13. The fraction of sp³-hybridized carbons (Fsp3) is 0.143. The smallest absolute Gasteiger partial charge is 0.338 e. The maximum Gasteiger partial charge on any atom is 0.338 e. The average molecular weight is 344 g/mol. The van der Waals surface area contributed by atoms with Crippen molar-refractivity contribution in [3.8, 4) is 0 Å². The highest BCUT2D eigenvalue weighted by Crippen LogP contribution is 2.24. The van der Waals surface area contributed by atoms with Gasteiger partial charge in [-0.2, -0.15) is 0 Å². The number of anilines is 1. The van der Waals surface area contributed by atoms with E-state index >= 15 is 0 Å². The second-order valence-electron chi connectivity index (χ2n) is 4.25. The Labute approximate surface area is 135 Å². The molecule has 2 N–H and O–H groups in total. The van der Waals surface area contributed by atoms with Gasteiger partial charge in [0.2, 0.25) is 5.91 Å². The zero-order valence-electron chi connectivity index (χ0n) is 10.7. The molecular weight excluding hydrogens is 333 g/mol. The van der Waals surface area contributed by atoms with Crippen LogP contribution < -0.4 is 5.32 Å². The van der Waals surface area contributed by atoms with Crippen LogP contribution in [0.3, 0.4) is 0 Å². The molecule has 1 aromatic heterocycles. The second kappa shape index (κ2) is 6.93. The maximum absolute atomic E-state index is 11.9. The quantitative estimate of drug-likeness (QED) is 0.849. The lowest BCUT2D eigenvalue weighted by atomic mass is 10.1. The Balaban J connectivity index is 1.96. The molecule has 0 unspecified atom stereocenters. The van der Waals surface area contributed by atoms with Gasteiger partial charge >= 0.3 is 5.97 Å². The van der Waals surface area contributed by atoms with Gasteiger partial charge in [-0.05, 0) is 35.6 Å². The van der Waals surface area contributed by atoms with E-state index in [0.29, 0.717) is 21.5 Å². The molecule has 1 amide bonds. The van der Waals surface area contributed by atoms with Crippen molar-refractivity contribution >= 4 is 51.4 Å². The molecule has 0 spiro atoms. The monoisotopic (exact) mass is 343 g/mol. The van der Waals surface area contributed by atoms with E-state index in [0.717, 1.165) is 5.56 Å². The van der Waals surface area contributed by atoms with E-state index in [2.05, 4.69) is 5.32 Å². The minimum absolute atomic E-state index is 0.0953. The zero-order valence-corrected chi connectivity index (χ0v) is 13.1. The number of hydrogen-bond donors (Lipinski definition) is 2. The van der Waals surface area contributed by atoms with Crippen LogP contribution in [0.15, 0.2) is 29.6 Å². The third-order valence-corrected chi connectivity index (χ3v) is 4.20. The second-order valence-corrected chi connectivity index (χ2v) is 6.01. The van der Waals surface area contributed by atoms with Gasteiger partial charge in [-0.3, -0.25) is 4.79 Å². The number of thiophene rings is 1. The molecule has 110 valence electrons. The van der Waals surface area contributed by atoms with Crippen LogP contribution in [0.5, 0.6) is 0 Å². The lowest BCUT2D eigenvalue weighted by molar-refractivity contribution is -0.116. The molecule has 0 radical (unpaired) electrons. The van der Waals surface area contributed by atoms with E-state index in [1.54, 1.807) is 23.6 Å². The van der Waals surface area contributed by atoms with Crippen molar-refractivity contribution in [3.63, 3.8) is 0 Å². The Morgan fingerprint density at radius 1 is 1.24 bits per heavy atom. The Morgan fingerprint density at radius 2 is 2.00 bits per heavy atom. The number of nitrogens with one attached hydrogen (secondary N) is 1. The van der Waals surface area contributed by atoms with Crippen LogP contribution in [0.25, 0.3) is 0 Å². The zero-order chi connectivity index (χ0) is 15.4. The van der Waals surface area contributed by atoms with Gasteiger partial charge in [0, 0.05) is 16.5 Å². The summed E-state index contributed by atoms with van der Waals surface area (Å²) in [4.78, 5) is 22.8. The SMILES string of the molecule is O=C(CCc1ccc(Cl)cc1Cl)Nc1sccc1C(=O)O. The van der Waals surface area contributed by atoms with E-state index in [-0.39, 0.29) is 17.9 Å². The van der Waals surface area contributed by atoms with Crippen LogP contribution in [0.1, 0.15) is 22.3 Å². The summed E-state index contributed by atoms with van der Waals surface area (Å²) >= 11 is 13.0. The van der Waals surface area contributed by atoms with Crippen molar-refractivity contribution in [2.75, 3.05) is 5.32 Å². The highest BCUT2D eigenvalue weighted by atomic mass is 35.5. The molecule has 0 saturated carbocycles. The van der Waals surface area contributed by atoms with Crippen molar-refractivity contribution in [2.24, 2.45) is 0 Å². The van der Waals surface area contributed by atoms with Gasteiger partial charge in [0.25, 0.3) is 0 Å². The van der Waals surface area contributed by atoms with Gasteiger partial charge in [0.1, 0.15) is 5.00 Å². The van der Waals surface area contributed by atoms with Crippen LogP contribution in [-0.4, -0.2) is 17.0 Å². The third kappa shape index (κ3) is 4.20. The Hall–Kier alpha value is -1.56. The van der Waals surface area contributed by atoms with Gasteiger partial charge in [0.05, 0.1) is 5.56 Å². The highest BCUT2D eigenvalue weighted by molar-refractivity contribution is 7.14. The number of aromatic carboxylic acids is 1. The van der Waals surface area contributed by atoms with Crippen LogP contribution >= 0.6 is 34.5 Å². The summed E-state index contributed by atoms with van der Waals surface area (Å²) in [6.07, 6.45) is 0.661. The number of carboxylic acids is 1. The number of halogens is 2. The number of carbonyl (C=O) groups is 2. The average Bonchev–Trinajstić information content (AvgIpc) is 2.86. The minimum Gasteiger partial charge on any atom is -0.478 e. The van der Waals surface area contributed by atoms with Crippen molar-refractivity contribution in [1.82, 2.24) is 0 Å². The summed E-state index contributed by atoms with van der Waals surface area (Å²) in [5.74, 6) is -1.32. The lowest BCUT2D eigenvalue weighted by Gasteiger charge is -2.06. The number of rotatable bonds is 5. The molecule has 1 aromatic carbocycles. The first-order valence-electron chi connectivity index (χ1n) is 6.02. The van der Waals surface area contributed by atoms with Crippen molar-refractivity contribution in [3.05, 3.63) is 50.8 Å². The molecule has 0 saturated heterocycles. The predicted molar refractivity (Wildman–Crippen MR) is 84.7 cm³/mol. The van der Waals surface area contributed by atoms with Crippen LogP contribution in [0.4, 0.5) is 5.00 Å². The molecule has 0 aliphatic carbocycles. The third-order valence-electron chi connectivity index (χ3n) is 2.79. The van der Waals surface area contributed by atoms with Gasteiger partial charge in [-0.25, -0.2) is 4.79 Å². The molecule has 1 heterocycles. The number of amides is 1. The summed E-state index contributed by atoms with van der Waals surface area (Å²) < 4.78 is 0. The van der Waals surface area contributed by atoms with Gasteiger partial charge in [0.15, 0.2) is 0 Å². The molecule has 7 heteroatoms. The number of hydrogen-bond acceptors (Lipinski definition) is 3. The summed E-state index contributed by atoms with van der Waals surface area (Å²) in [6.45, 7) is 0. The number of benzene rings is 1. The molecule has 2 aromatic rings. The van der Waals surface area contributed by atoms with Crippen molar-refractivity contribution < 1.29 is 14.7 Å². The molecular formula is C14H11Cl2NO3S. The fourth-order valence-corrected chi connectivity index (χ4v) is 3.03. The molecule has 21 heavy (non-hydrogen) atoms. The molecule has 0 atom stereocenters. The van der Waals surface area contributed by atoms with Crippen LogP contribution in [-0.2, 0) is 11.2 Å². The standard InChI is InChI=1S/C14H11Cl2NO3S/c15-9-3-1-8(11(16)7-9)2-4-12(18)17-13-10(14(19)20)5-6-21-13/h1,3,5-7H,2,4H2,(H,17,18)(H,19,20). The van der Waals surface area contributed by atoms with Gasteiger partial charge in [-0.15, -0.1) is 11.3 Å².